The molecule has 1 aromatic carbocycles. The van der Waals surface area contributed by atoms with Crippen LogP contribution in [0.4, 0.5) is 0 Å². The van der Waals surface area contributed by atoms with Gasteiger partial charge in [-0.1, -0.05) is 38.0 Å². The van der Waals surface area contributed by atoms with Crippen LogP contribution in [0.5, 0.6) is 0 Å². The maximum atomic E-state index is 3.49. The molecule has 0 aromatic heterocycles. The van der Waals surface area contributed by atoms with E-state index in [1.165, 1.54) is 36.1 Å². The van der Waals surface area contributed by atoms with Crippen LogP contribution in [0.15, 0.2) is 29.2 Å². The van der Waals surface area contributed by atoms with E-state index in [0.717, 1.165) is 5.25 Å². The Hall–Kier alpha value is -0.470. The quantitative estimate of drug-likeness (QED) is 0.838. The Labute approximate surface area is 103 Å². The molecule has 2 heteroatoms. The van der Waals surface area contributed by atoms with Crippen molar-refractivity contribution in [3.63, 3.8) is 0 Å². The van der Waals surface area contributed by atoms with E-state index in [9.17, 15) is 0 Å². The molecule has 2 rings (SSSR count). The van der Waals surface area contributed by atoms with E-state index in [2.05, 4.69) is 55.3 Å². The Morgan fingerprint density at radius 2 is 2.25 bits per heavy atom. The summed E-state index contributed by atoms with van der Waals surface area (Å²) < 4.78 is 0. The predicted molar refractivity (Wildman–Crippen MR) is 72.2 cm³/mol. The number of rotatable bonds is 5. The van der Waals surface area contributed by atoms with Gasteiger partial charge in [0.15, 0.2) is 0 Å². The first-order valence-corrected chi connectivity index (χ1v) is 7.15. The molecule has 0 bridgehead atoms. The third-order valence-electron chi connectivity index (χ3n) is 3.36. The van der Waals surface area contributed by atoms with Crippen LogP contribution < -0.4 is 5.32 Å². The van der Waals surface area contributed by atoms with Crippen molar-refractivity contribution in [1.29, 1.82) is 0 Å². The zero-order valence-corrected chi connectivity index (χ0v) is 11.0. The first-order valence-electron chi connectivity index (χ1n) is 6.27. The van der Waals surface area contributed by atoms with Gasteiger partial charge in [-0.2, -0.15) is 0 Å². The van der Waals surface area contributed by atoms with E-state index < -0.39 is 0 Å². The second kappa shape index (κ2) is 5.74. The van der Waals surface area contributed by atoms with E-state index >= 15 is 0 Å². The Bertz CT molecular complexity index is 312. The second-order valence-corrected chi connectivity index (χ2v) is 5.79. The van der Waals surface area contributed by atoms with Gasteiger partial charge in [-0.15, -0.1) is 11.8 Å². The fourth-order valence-electron chi connectivity index (χ4n) is 2.37. The van der Waals surface area contributed by atoms with E-state index in [1.54, 1.807) is 0 Å². The van der Waals surface area contributed by atoms with Crippen molar-refractivity contribution in [3.05, 3.63) is 29.8 Å². The summed E-state index contributed by atoms with van der Waals surface area (Å²) in [6.07, 6.45) is 5.16. The summed E-state index contributed by atoms with van der Waals surface area (Å²) in [5, 5.41) is 4.22. The third-order valence-corrected chi connectivity index (χ3v) is 4.81. The molecular weight excluding hydrogens is 214 g/mol. The van der Waals surface area contributed by atoms with Crippen LogP contribution in [0.3, 0.4) is 0 Å². The van der Waals surface area contributed by atoms with Gasteiger partial charge in [0.1, 0.15) is 0 Å². The predicted octanol–water partition coefficient (Wildman–Crippen LogP) is 3.48. The van der Waals surface area contributed by atoms with Gasteiger partial charge in [0, 0.05) is 16.2 Å². The molecule has 0 saturated heterocycles. The Balaban J connectivity index is 1.98. The maximum Gasteiger partial charge on any atom is 0.0289 e. The van der Waals surface area contributed by atoms with Crippen LogP contribution in [0.1, 0.15) is 31.7 Å². The molecule has 1 aliphatic heterocycles. The van der Waals surface area contributed by atoms with Gasteiger partial charge in [0.05, 0.1) is 0 Å². The largest absolute Gasteiger partial charge is 0.316 e. The van der Waals surface area contributed by atoms with Crippen molar-refractivity contribution < 1.29 is 0 Å². The number of thioether (sulfide) groups is 1. The summed E-state index contributed by atoms with van der Waals surface area (Å²) in [5.74, 6) is 0. The topological polar surface area (TPSA) is 12.0 Å². The minimum absolute atomic E-state index is 0.664. The van der Waals surface area contributed by atoms with Gasteiger partial charge in [0.2, 0.25) is 0 Å². The molecule has 0 aliphatic carbocycles. The molecule has 1 heterocycles. The molecule has 1 N–H and O–H groups in total. The first-order chi connectivity index (χ1) is 7.85. The summed E-state index contributed by atoms with van der Waals surface area (Å²) in [4.78, 5) is 1.49. The van der Waals surface area contributed by atoms with Crippen LogP contribution in [-0.4, -0.2) is 18.3 Å². The van der Waals surface area contributed by atoms with E-state index in [-0.39, 0.29) is 0 Å². The fraction of sp³-hybridized carbons (Fsp3) is 0.571. The van der Waals surface area contributed by atoms with E-state index in [4.69, 9.17) is 0 Å². The van der Waals surface area contributed by atoms with Crippen LogP contribution in [-0.2, 0) is 6.42 Å². The summed E-state index contributed by atoms with van der Waals surface area (Å²) in [6, 6.07) is 9.50. The summed E-state index contributed by atoms with van der Waals surface area (Å²) in [7, 11) is 2.10. The summed E-state index contributed by atoms with van der Waals surface area (Å²) in [6.45, 7) is 2.27. The number of unbranched alkanes of at least 4 members (excludes halogenated alkanes) is 1. The monoisotopic (exact) mass is 235 g/mol. The fourth-order valence-corrected chi connectivity index (χ4v) is 3.86. The van der Waals surface area contributed by atoms with Gasteiger partial charge in [-0.25, -0.2) is 0 Å². The highest BCUT2D eigenvalue weighted by molar-refractivity contribution is 8.00. The molecule has 1 aliphatic rings. The third kappa shape index (κ3) is 2.61. The number of hydrogen-bond acceptors (Lipinski definition) is 2. The average molecular weight is 235 g/mol. The van der Waals surface area contributed by atoms with Crippen LogP contribution in [0, 0.1) is 0 Å². The van der Waals surface area contributed by atoms with Crippen molar-refractivity contribution in [3.8, 4) is 0 Å². The molecule has 1 aromatic rings. The molecule has 2 atom stereocenters. The normalized spacial score (nSPS) is 20.8. The van der Waals surface area contributed by atoms with Crippen LogP contribution >= 0.6 is 11.8 Å². The molecule has 1 nitrogen and oxygen atoms in total. The van der Waals surface area contributed by atoms with Crippen molar-refractivity contribution in [2.75, 3.05) is 7.05 Å². The van der Waals surface area contributed by atoms with Crippen molar-refractivity contribution in [2.45, 2.75) is 48.8 Å². The van der Waals surface area contributed by atoms with Gasteiger partial charge >= 0.3 is 0 Å². The number of fused-ring (bicyclic) bond motifs is 1. The second-order valence-electron chi connectivity index (χ2n) is 4.51. The molecule has 88 valence electrons. The first kappa shape index (κ1) is 12.0. The van der Waals surface area contributed by atoms with Crippen LogP contribution in [0.2, 0.25) is 0 Å². The zero-order chi connectivity index (χ0) is 11.4. The Morgan fingerprint density at radius 3 is 2.94 bits per heavy atom. The van der Waals surface area contributed by atoms with E-state index in [1.807, 2.05) is 0 Å². The lowest BCUT2D eigenvalue weighted by molar-refractivity contribution is 0.485. The average Bonchev–Trinajstić information content (AvgIpc) is 2.73. The number of hydrogen-bond donors (Lipinski definition) is 1. The number of nitrogens with one attached hydrogen (secondary N) is 1. The van der Waals surface area contributed by atoms with E-state index in [0.29, 0.717) is 6.04 Å². The Morgan fingerprint density at radius 1 is 1.44 bits per heavy atom. The van der Waals surface area contributed by atoms with Crippen molar-refractivity contribution in [2.24, 2.45) is 0 Å². The molecule has 0 spiro atoms. The standard InChI is InChI=1S/C14H21NS/c1-3-4-8-12(15-2)14-10-11-7-5-6-9-13(11)16-14/h5-7,9,12,14-15H,3-4,8,10H2,1-2H3. The molecule has 2 unspecified atom stereocenters. The Kier molecular flexibility index (Phi) is 4.30. The molecule has 0 amide bonds. The SMILES string of the molecule is CCCCC(NC)C1Cc2ccccc2S1. The van der Waals surface area contributed by atoms with Gasteiger partial charge < -0.3 is 5.32 Å². The summed E-state index contributed by atoms with van der Waals surface area (Å²) in [5.41, 5.74) is 1.54. The molecule has 0 saturated carbocycles. The lowest BCUT2D eigenvalue weighted by atomic mass is 10.0. The molecule has 0 radical (unpaired) electrons. The van der Waals surface area contributed by atoms with Crippen molar-refractivity contribution >= 4 is 11.8 Å². The minimum Gasteiger partial charge on any atom is -0.316 e. The highest BCUT2D eigenvalue weighted by atomic mass is 32.2. The maximum absolute atomic E-state index is 3.49. The summed E-state index contributed by atoms with van der Waals surface area (Å²) >= 11 is 2.06. The highest BCUT2D eigenvalue weighted by Crippen LogP contribution is 2.39. The molecule has 16 heavy (non-hydrogen) atoms. The van der Waals surface area contributed by atoms with Gasteiger partial charge in [0.25, 0.3) is 0 Å². The van der Waals surface area contributed by atoms with Gasteiger partial charge in [-0.05, 0) is 31.5 Å². The lowest BCUT2D eigenvalue weighted by Crippen LogP contribution is -2.35. The zero-order valence-electron chi connectivity index (χ0n) is 10.2. The number of benzene rings is 1. The van der Waals surface area contributed by atoms with Crippen molar-refractivity contribution in [1.82, 2.24) is 5.32 Å². The minimum atomic E-state index is 0.664. The van der Waals surface area contributed by atoms with Gasteiger partial charge in [-0.3, -0.25) is 0 Å². The lowest BCUT2D eigenvalue weighted by Gasteiger charge is -2.21. The molecular formula is C14H21NS. The van der Waals surface area contributed by atoms with Crippen LogP contribution in [0.25, 0.3) is 0 Å². The highest BCUT2D eigenvalue weighted by Gasteiger charge is 2.27. The smallest absolute Gasteiger partial charge is 0.0289 e. The molecule has 0 fully saturated rings.